The Balaban J connectivity index is 2.32. The van der Waals surface area contributed by atoms with E-state index in [9.17, 15) is 26.3 Å². The average Bonchev–Trinajstić information content (AvgIpc) is 2.90. The van der Waals surface area contributed by atoms with E-state index in [1.807, 2.05) is 0 Å². The number of aliphatic imine (C=N–C) groups is 1. The van der Waals surface area contributed by atoms with Crippen LogP contribution in [0, 0.1) is 0 Å². The maximum atomic E-state index is 13.7. The van der Waals surface area contributed by atoms with Gasteiger partial charge in [0.2, 0.25) is 0 Å². The van der Waals surface area contributed by atoms with Crippen molar-refractivity contribution in [3.63, 3.8) is 0 Å². The van der Waals surface area contributed by atoms with Crippen molar-refractivity contribution in [1.29, 1.82) is 0 Å². The summed E-state index contributed by atoms with van der Waals surface area (Å²) in [6, 6.07) is 6.30. The quantitative estimate of drug-likeness (QED) is 0.489. The van der Waals surface area contributed by atoms with Gasteiger partial charge in [-0.2, -0.15) is 26.3 Å². The van der Waals surface area contributed by atoms with Gasteiger partial charge in [-0.25, -0.2) is 4.99 Å². The second-order valence-electron chi connectivity index (χ2n) is 6.61. The van der Waals surface area contributed by atoms with E-state index in [4.69, 9.17) is 0 Å². The molecule has 25 heavy (non-hydrogen) atoms. The first-order valence-corrected chi connectivity index (χ1v) is 11.4. The lowest BCUT2D eigenvalue weighted by molar-refractivity contribution is -0.269. The van der Waals surface area contributed by atoms with E-state index in [1.165, 1.54) is 6.07 Å². The molecule has 2 aliphatic heterocycles. The number of hydrogen-bond acceptors (Lipinski definition) is 3. The Morgan fingerprint density at radius 1 is 1.04 bits per heavy atom. The number of halogens is 6. The maximum Gasteiger partial charge on any atom is 0.430 e. The van der Waals surface area contributed by atoms with E-state index < -0.39 is 32.0 Å². The van der Waals surface area contributed by atoms with Crippen molar-refractivity contribution in [1.82, 2.24) is 0 Å². The molecule has 11 heteroatoms. The molecule has 2 heterocycles. The molecule has 0 N–H and O–H groups in total. The van der Waals surface area contributed by atoms with Crippen LogP contribution in [0.5, 0.6) is 0 Å². The summed E-state index contributed by atoms with van der Waals surface area (Å²) in [6.45, 7) is 4.72. The van der Waals surface area contributed by atoms with Crippen LogP contribution in [0.1, 0.15) is 0 Å². The predicted octanol–water partition coefficient (Wildman–Crippen LogP) is 5.07. The second-order valence-corrected chi connectivity index (χ2v) is 12.2. The normalized spacial score (nSPS) is 21.4. The molecule has 1 aromatic carbocycles. The van der Waals surface area contributed by atoms with Gasteiger partial charge in [0.1, 0.15) is 5.84 Å². The smallest absolute Gasteiger partial charge is 0.308 e. The van der Waals surface area contributed by atoms with Crippen LogP contribution in [0.4, 0.5) is 32.0 Å². The van der Waals surface area contributed by atoms with Gasteiger partial charge in [-0.1, -0.05) is 12.1 Å². The molecule has 0 spiro atoms. The Morgan fingerprint density at radius 3 is 2.12 bits per heavy atom. The molecule has 136 valence electrons. The summed E-state index contributed by atoms with van der Waals surface area (Å²) in [5.74, 6) is -1.10. The van der Waals surface area contributed by atoms with E-state index in [0.29, 0.717) is 4.90 Å². The molecular weight excluding hydrogens is 384 g/mol. The highest BCUT2D eigenvalue weighted by molar-refractivity contribution is 8.15. The molecule has 0 fully saturated rings. The predicted molar refractivity (Wildman–Crippen MR) is 87.8 cm³/mol. The number of benzene rings is 1. The number of anilines is 1. The van der Waals surface area contributed by atoms with E-state index in [2.05, 4.69) is 9.65 Å². The molecule has 0 atom stereocenters. The van der Waals surface area contributed by atoms with Crippen LogP contribution >= 0.6 is 11.8 Å². The summed E-state index contributed by atoms with van der Waals surface area (Å²) in [5.41, 5.74) is -4.10. The number of nitrogens with zero attached hydrogens (tertiary/aromatic N) is 3. The van der Waals surface area contributed by atoms with Crippen molar-refractivity contribution in [2.75, 3.05) is 4.90 Å². The molecule has 0 aromatic heterocycles. The summed E-state index contributed by atoms with van der Waals surface area (Å²) in [6.07, 6.45) is -11.3. The third kappa shape index (κ3) is 2.67. The zero-order chi connectivity index (χ0) is 18.8. The highest BCUT2D eigenvalue weighted by atomic mass is 32.2. The molecule has 0 bridgehead atoms. The first-order chi connectivity index (χ1) is 11.3. The summed E-state index contributed by atoms with van der Waals surface area (Å²) >= 11 is 0.782. The number of rotatable bonds is 1. The molecule has 0 aliphatic carbocycles. The van der Waals surface area contributed by atoms with Gasteiger partial charge in [-0.3, -0.25) is 4.90 Å². The minimum absolute atomic E-state index is 0.235. The Hall–Kier alpha value is -1.49. The fourth-order valence-electron chi connectivity index (χ4n) is 2.60. The molecule has 2 aliphatic rings. The molecule has 0 amide bonds. The van der Waals surface area contributed by atoms with Crippen LogP contribution in [0.15, 0.2) is 38.8 Å². The van der Waals surface area contributed by atoms with Gasteiger partial charge < -0.3 is 4.66 Å². The van der Waals surface area contributed by atoms with Crippen molar-refractivity contribution in [2.24, 2.45) is 9.65 Å². The maximum absolute atomic E-state index is 13.7. The number of hydrogen-bond donors (Lipinski definition) is 0. The van der Waals surface area contributed by atoms with Crippen molar-refractivity contribution in [2.45, 2.75) is 42.4 Å². The van der Waals surface area contributed by atoms with Crippen LogP contribution in [0.25, 0.3) is 0 Å². The lowest BCUT2D eigenvalue weighted by atomic mass is 9.97. The number of fused-ring (bicyclic) bond motifs is 3. The minimum Gasteiger partial charge on any atom is -0.308 e. The fraction of sp³-hybridized carbons (Fsp3) is 0.429. The Kier molecular flexibility index (Phi) is 3.85. The topological polar surface area (TPSA) is 28.0 Å². The van der Waals surface area contributed by atoms with Gasteiger partial charge in [0.15, 0.2) is 13.4 Å². The van der Waals surface area contributed by atoms with E-state index in [-0.39, 0.29) is 10.9 Å². The molecule has 3 nitrogen and oxygen atoms in total. The Bertz CT molecular complexity index is 764. The SMILES string of the molecule is C[Si](C)(C)/N=C1/N2C(=NC1(C(F)(F)F)C(F)(F)F)Sc1ccccc12. The monoisotopic (exact) mass is 397 g/mol. The van der Waals surface area contributed by atoms with Gasteiger partial charge in [0.05, 0.1) is 5.69 Å². The van der Waals surface area contributed by atoms with Crippen LogP contribution in [0.2, 0.25) is 19.6 Å². The standard InChI is InChI=1S/C14H13F6N3SSi/c1-25(2,3)22-10-12(13(15,16)17,14(18,19)20)21-11-23(10)8-6-4-5-7-9(8)24-11/h4-7H,1-3H3/b22-10+. The van der Waals surface area contributed by atoms with Crippen LogP contribution in [0.3, 0.4) is 0 Å². The number of alkyl halides is 6. The van der Waals surface area contributed by atoms with Crippen LogP contribution in [-0.2, 0) is 0 Å². The average molecular weight is 397 g/mol. The highest BCUT2D eigenvalue weighted by Crippen LogP contribution is 2.55. The molecule has 0 saturated heterocycles. The van der Waals surface area contributed by atoms with E-state index in [0.717, 1.165) is 16.7 Å². The first kappa shape index (κ1) is 18.3. The summed E-state index contributed by atoms with van der Waals surface area (Å²) < 4.78 is 86.1. The zero-order valence-electron chi connectivity index (χ0n) is 13.3. The lowest BCUT2D eigenvalue weighted by Gasteiger charge is -2.34. The largest absolute Gasteiger partial charge is 0.430 e. The highest BCUT2D eigenvalue weighted by Gasteiger charge is 2.78. The van der Waals surface area contributed by atoms with Crippen molar-refractivity contribution in [3.8, 4) is 0 Å². The number of amidine groups is 2. The van der Waals surface area contributed by atoms with Gasteiger partial charge in [0, 0.05) is 4.90 Å². The van der Waals surface area contributed by atoms with Gasteiger partial charge >= 0.3 is 17.9 Å². The Morgan fingerprint density at radius 2 is 1.60 bits per heavy atom. The van der Waals surface area contributed by atoms with Crippen LogP contribution < -0.4 is 4.90 Å². The molecular formula is C14H13F6N3SSi. The lowest BCUT2D eigenvalue weighted by Crippen LogP contribution is -2.62. The van der Waals surface area contributed by atoms with Crippen molar-refractivity contribution < 1.29 is 26.3 Å². The fourth-order valence-corrected chi connectivity index (χ4v) is 4.56. The third-order valence-electron chi connectivity index (χ3n) is 3.56. The minimum atomic E-state index is -5.66. The van der Waals surface area contributed by atoms with Crippen molar-refractivity contribution in [3.05, 3.63) is 24.3 Å². The molecule has 0 saturated carbocycles. The molecule has 3 rings (SSSR count). The summed E-state index contributed by atoms with van der Waals surface area (Å²) in [5, 5.41) is -0.354. The molecule has 0 radical (unpaired) electrons. The first-order valence-electron chi connectivity index (χ1n) is 7.18. The van der Waals surface area contributed by atoms with Gasteiger partial charge in [0.25, 0.3) is 0 Å². The number of para-hydroxylation sites is 1. The van der Waals surface area contributed by atoms with Crippen molar-refractivity contribution >= 4 is 36.7 Å². The third-order valence-corrected chi connectivity index (χ3v) is 5.46. The zero-order valence-corrected chi connectivity index (χ0v) is 15.1. The Labute approximate surface area is 144 Å². The second kappa shape index (κ2) is 5.26. The summed E-state index contributed by atoms with van der Waals surface area (Å²) in [7, 11) is -2.69. The van der Waals surface area contributed by atoms with E-state index >= 15 is 0 Å². The van der Waals surface area contributed by atoms with Gasteiger partial charge in [-0.15, -0.1) is 0 Å². The summed E-state index contributed by atoms with van der Waals surface area (Å²) in [4.78, 5) is 4.60. The molecule has 1 aromatic rings. The van der Waals surface area contributed by atoms with E-state index in [1.54, 1.807) is 37.8 Å². The number of thioether (sulfide) groups is 1. The van der Waals surface area contributed by atoms with Crippen LogP contribution in [-0.4, -0.2) is 37.1 Å². The molecule has 0 unspecified atom stereocenters. The van der Waals surface area contributed by atoms with Gasteiger partial charge in [-0.05, 0) is 43.5 Å².